The molecule has 2 heterocycles. The van der Waals surface area contributed by atoms with E-state index in [-0.39, 0.29) is 23.9 Å². The van der Waals surface area contributed by atoms with Crippen LogP contribution in [0, 0.1) is 0 Å². The number of Topliss-reactive ketones (excluding diaryl/α,β-unsaturated/α-hetero) is 2. The lowest BCUT2D eigenvalue weighted by Gasteiger charge is -2.38. The van der Waals surface area contributed by atoms with E-state index >= 15 is 0 Å². The van der Waals surface area contributed by atoms with Gasteiger partial charge in [0.1, 0.15) is 18.1 Å². The molecule has 2 unspecified atom stereocenters. The average Bonchev–Trinajstić information content (AvgIpc) is 3.18. The van der Waals surface area contributed by atoms with E-state index in [4.69, 9.17) is 9.47 Å². The van der Waals surface area contributed by atoms with Crippen molar-refractivity contribution in [1.82, 2.24) is 9.80 Å². The van der Waals surface area contributed by atoms with Gasteiger partial charge in [-0.15, -0.1) is 0 Å². The average molecular weight is 477 g/mol. The minimum absolute atomic E-state index is 0.0422. The van der Waals surface area contributed by atoms with E-state index < -0.39 is 6.04 Å². The molecule has 1 amide bonds. The molecule has 7 heteroatoms. The van der Waals surface area contributed by atoms with Gasteiger partial charge in [-0.1, -0.05) is 30.3 Å². The van der Waals surface area contributed by atoms with Crippen LogP contribution in [0.15, 0.2) is 42.5 Å². The molecule has 2 aliphatic heterocycles. The summed E-state index contributed by atoms with van der Waals surface area (Å²) in [6.45, 7) is 7.56. The number of carbonyl (C=O) groups is 3. The summed E-state index contributed by atoms with van der Waals surface area (Å²) in [7, 11) is 0. The fourth-order valence-electron chi connectivity index (χ4n) is 5.36. The van der Waals surface area contributed by atoms with Gasteiger partial charge < -0.3 is 14.4 Å². The Morgan fingerprint density at radius 2 is 1.69 bits per heavy atom. The predicted molar refractivity (Wildman–Crippen MR) is 130 cm³/mol. The third-order valence-electron chi connectivity index (χ3n) is 7.40. The smallest absolute Gasteiger partial charge is 0.255 e. The molecule has 0 radical (unpaired) electrons. The highest BCUT2D eigenvalue weighted by Crippen LogP contribution is 2.34. The van der Waals surface area contributed by atoms with E-state index in [2.05, 4.69) is 43.0 Å². The number of ketones is 2. The fraction of sp³-hybridized carbons (Fsp3) is 0.464. The molecule has 3 atom stereocenters. The van der Waals surface area contributed by atoms with Crippen molar-refractivity contribution in [3.63, 3.8) is 0 Å². The fourth-order valence-corrected chi connectivity index (χ4v) is 5.36. The molecule has 7 nitrogen and oxygen atoms in total. The van der Waals surface area contributed by atoms with E-state index in [0.29, 0.717) is 49.4 Å². The Kier molecular flexibility index (Phi) is 6.71. The lowest BCUT2D eigenvalue weighted by molar-refractivity contribution is -0.133. The number of rotatable bonds is 6. The van der Waals surface area contributed by atoms with Crippen LogP contribution in [0.5, 0.6) is 5.75 Å². The lowest BCUT2D eigenvalue weighted by Crippen LogP contribution is -2.48. The van der Waals surface area contributed by atoms with Crippen LogP contribution in [0.1, 0.15) is 60.2 Å². The summed E-state index contributed by atoms with van der Waals surface area (Å²) in [5.41, 5.74) is 3.70. The monoisotopic (exact) mass is 476 g/mol. The van der Waals surface area contributed by atoms with Crippen molar-refractivity contribution >= 4 is 17.5 Å². The Hall–Kier alpha value is -3.03. The van der Waals surface area contributed by atoms with Gasteiger partial charge in [0.05, 0.1) is 32.2 Å². The quantitative estimate of drug-likeness (QED) is 0.594. The normalized spacial score (nSPS) is 25.1. The number of hydrogen-bond acceptors (Lipinski definition) is 6. The Morgan fingerprint density at radius 1 is 0.971 bits per heavy atom. The Morgan fingerprint density at radius 3 is 2.40 bits per heavy atom. The van der Waals surface area contributed by atoms with Crippen molar-refractivity contribution in [2.24, 2.45) is 0 Å². The summed E-state index contributed by atoms with van der Waals surface area (Å²) in [6, 6.07) is 14.2. The van der Waals surface area contributed by atoms with Gasteiger partial charge in [0, 0.05) is 36.2 Å². The van der Waals surface area contributed by atoms with Crippen LogP contribution in [0.3, 0.4) is 0 Å². The first-order valence-corrected chi connectivity index (χ1v) is 12.4. The highest BCUT2D eigenvalue weighted by molar-refractivity contribution is 6.07. The topological polar surface area (TPSA) is 76.2 Å². The Labute approximate surface area is 206 Å². The van der Waals surface area contributed by atoms with Crippen molar-refractivity contribution in [3.8, 4) is 5.75 Å². The van der Waals surface area contributed by atoms with Gasteiger partial charge in [-0.05, 0) is 43.5 Å². The summed E-state index contributed by atoms with van der Waals surface area (Å²) < 4.78 is 11.8. The second-order valence-corrected chi connectivity index (χ2v) is 9.96. The van der Waals surface area contributed by atoms with E-state index in [1.54, 1.807) is 11.0 Å². The number of fused-ring (bicyclic) bond motifs is 1. The van der Waals surface area contributed by atoms with Crippen LogP contribution < -0.4 is 4.74 Å². The zero-order valence-corrected chi connectivity index (χ0v) is 20.4. The van der Waals surface area contributed by atoms with Gasteiger partial charge in [0.15, 0.2) is 5.78 Å². The number of ether oxygens (including phenoxy) is 2. The van der Waals surface area contributed by atoms with Crippen LogP contribution in [0.4, 0.5) is 0 Å². The van der Waals surface area contributed by atoms with Crippen LogP contribution in [-0.2, 0) is 34.0 Å². The van der Waals surface area contributed by atoms with Gasteiger partial charge in [-0.2, -0.15) is 0 Å². The molecule has 184 valence electrons. The van der Waals surface area contributed by atoms with Gasteiger partial charge in [-0.25, -0.2) is 0 Å². The first-order valence-electron chi connectivity index (χ1n) is 12.4. The molecular weight excluding hydrogens is 444 g/mol. The molecule has 1 saturated carbocycles. The molecule has 2 fully saturated rings. The molecule has 3 aliphatic rings. The standard InChI is InChI=1S/C28H32N2O5/c1-18-15-34-16-19(2)29(18)13-20-6-8-21(9-7-20)17-35-27-5-3-4-23-24(27)14-30(28(23)33)25-11-10-22(31)12-26(25)32/h3-9,18-19,25H,10-17H2,1-2H3/t18-,19?,25?/m0/s1. The summed E-state index contributed by atoms with van der Waals surface area (Å²) in [5, 5.41) is 0. The number of nitrogens with zero attached hydrogens (tertiary/aromatic N) is 2. The van der Waals surface area contributed by atoms with Crippen molar-refractivity contribution in [3.05, 3.63) is 64.7 Å². The molecule has 2 aromatic carbocycles. The van der Waals surface area contributed by atoms with Gasteiger partial charge in [-0.3, -0.25) is 19.3 Å². The van der Waals surface area contributed by atoms with Crippen LogP contribution in [0.2, 0.25) is 0 Å². The number of amides is 1. The maximum atomic E-state index is 13.0. The summed E-state index contributed by atoms with van der Waals surface area (Å²) in [4.78, 5) is 41.1. The molecule has 1 saturated heterocycles. The molecule has 0 N–H and O–H groups in total. The number of carbonyl (C=O) groups excluding carboxylic acids is 3. The third-order valence-corrected chi connectivity index (χ3v) is 7.40. The Balaban J connectivity index is 1.23. The predicted octanol–water partition coefficient (Wildman–Crippen LogP) is 3.52. The van der Waals surface area contributed by atoms with Crippen LogP contribution >= 0.6 is 0 Å². The molecule has 0 spiro atoms. The Bertz CT molecular complexity index is 1120. The second-order valence-electron chi connectivity index (χ2n) is 9.96. The minimum Gasteiger partial charge on any atom is -0.489 e. The number of benzene rings is 2. The van der Waals surface area contributed by atoms with Crippen molar-refractivity contribution in [2.75, 3.05) is 13.2 Å². The summed E-state index contributed by atoms with van der Waals surface area (Å²) in [6.07, 6.45) is 0.675. The molecule has 0 aromatic heterocycles. The number of morpholine rings is 1. The molecule has 0 bridgehead atoms. The molecular formula is C28H32N2O5. The highest BCUT2D eigenvalue weighted by Gasteiger charge is 2.40. The maximum Gasteiger partial charge on any atom is 0.255 e. The van der Waals surface area contributed by atoms with Crippen molar-refractivity contribution < 1.29 is 23.9 Å². The summed E-state index contributed by atoms with van der Waals surface area (Å²) in [5.74, 6) is 0.303. The van der Waals surface area contributed by atoms with E-state index in [1.807, 2.05) is 12.1 Å². The first-order chi connectivity index (χ1) is 16.9. The van der Waals surface area contributed by atoms with Gasteiger partial charge >= 0.3 is 0 Å². The molecule has 5 rings (SSSR count). The maximum absolute atomic E-state index is 13.0. The van der Waals surface area contributed by atoms with E-state index in [9.17, 15) is 14.4 Å². The van der Waals surface area contributed by atoms with Gasteiger partial charge in [0.2, 0.25) is 0 Å². The van der Waals surface area contributed by atoms with E-state index in [1.165, 1.54) is 5.56 Å². The molecule has 35 heavy (non-hydrogen) atoms. The molecule has 2 aromatic rings. The number of hydrogen-bond donors (Lipinski definition) is 0. The molecule has 1 aliphatic carbocycles. The first kappa shape index (κ1) is 23.7. The SMILES string of the molecule is CC1COC[C@H](C)N1Cc1ccc(COc2cccc3c2CN(C2CCC(=O)CC2=O)C3=O)cc1. The zero-order chi connectivity index (χ0) is 24.5. The van der Waals surface area contributed by atoms with E-state index in [0.717, 1.165) is 30.9 Å². The van der Waals surface area contributed by atoms with Crippen LogP contribution in [0.25, 0.3) is 0 Å². The van der Waals surface area contributed by atoms with Crippen molar-refractivity contribution in [2.45, 2.75) is 70.9 Å². The van der Waals surface area contributed by atoms with Gasteiger partial charge in [0.25, 0.3) is 5.91 Å². The zero-order valence-electron chi connectivity index (χ0n) is 20.4. The lowest BCUT2D eigenvalue weighted by atomic mass is 9.92. The summed E-state index contributed by atoms with van der Waals surface area (Å²) >= 11 is 0. The minimum atomic E-state index is -0.523. The largest absolute Gasteiger partial charge is 0.489 e. The highest BCUT2D eigenvalue weighted by atomic mass is 16.5. The second kappa shape index (κ2) is 9.91. The van der Waals surface area contributed by atoms with Crippen LogP contribution in [-0.4, -0.2) is 58.6 Å². The van der Waals surface area contributed by atoms with Crippen molar-refractivity contribution in [1.29, 1.82) is 0 Å². The third kappa shape index (κ3) is 4.88.